The van der Waals surface area contributed by atoms with Crippen LogP contribution in [0.2, 0.25) is 5.02 Å². The van der Waals surface area contributed by atoms with Crippen LogP contribution >= 0.6 is 11.6 Å². The largest absolute Gasteiger partial charge is 0.419 e. The fourth-order valence-corrected chi connectivity index (χ4v) is 3.71. The molecule has 154 valence electrons. The number of aromatic nitrogens is 3. The molecular weight excluding hydrogens is 400 g/mol. The molecule has 0 saturated carbocycles. The van der Waals surface area contributed by atoms with E-state index in [0.29, 0.717) is 35.2 Å². The molecule has 4 rings (SSSR count). The third kappa shape index (κ3) is 4.24. The van der Waals surface area contributed by atoms with Crippen molar-refractivity contribution >= 4 is 28.4 Å². The van der Waals surface area contributed by atoms with E-state index in [1.165, 1.54) is 0 Å². The lowest BCUT2D eigenvalue weighted by Crippen LogP contribution is -2.36. The van der Waals surface area contributed by atoms with Gasteiger partial charge in [0.1, 0.15) is 0 Å². The van der Waals surface area contributed by atoms with Gasteiger partial charge in [-0.15, -0.1) is 10.2 Å². The maximum absolute atomic E-state index is 13.0. The summed E-state index contributed by atoms with van der Waals surface area (Å²) in [7, 11) is 0. The van der Waals surface area contributed by atoms with Gasteiger partial charge in [0.15, 0.2) is 0 Å². The first-order valence-corrected chi connectivity index (χ1v) is 10.3. The molecule has 0 aliphatic rings. The molecule has 0 fully saturated rings. The average Bonchev–Trinajstić information content (AvgIpc) is 3.37. The highest BCUT2D eigenvalue weighted by Crippen LogP contribution is 2.27. The van der Waals surface area contributed by atoms with E-state index in [1.54, 1.807) is 11.0 Å². The van der Waals surface area contributed by atoms with E-state index in [9.17, 15) is 4.79 Å². The van der Waals surface area contributed by atoms with E-state index in [1.807, 2.05) is 56.4 Å². The maximum Gasteiger partial charge on any atom is 0.249 e. The fourth-order valence-electron chi connectivity index (χ4n) is 3.49. The number of fused-ring (bicyclic) bond motifs is 1. The molecule has 30 heavy (non-hydrogen) atoms. The SMILES string of the molecule is CC(C)N(Cc1nnc(-c2ccccc2Cl)o1)C(=O)CCc1c[nH]c2ccccc12. The van der Waals surface area contributed by atoms with Gasteiger partial charge in [0.25, 0.3) is 0 Å². The summed E-state index contributed by atoms with van der Waals surface area (Å²) in [4.78, 5) is 18.0. The van der Waals surface area contributed by atoms with Crippen LogP contribution in [0.5, 0.6) is 0 Å². The number of hydrogen-bond donors (Lipinski definition) is 1. The molecule has 2 aromatic carbocycles. The summed E-state index contributed by atoms with van der Waals surface area (Å²) in [5.74, 6) is 0.789. The fraction of sp³-hybridized carbons (Fsp3) is 0.261. The first-order valence-electron chi connectivity index (χ1n) is 9.94. The van der Waals surface area contributed by atoms with Crippen LogP contribution < -0.4 is 0 Å². The molecule has 0 bridgehead atoms. The monoisotopic (exact) mass is 422 g/mol. The van der Waals surface area contributed by atoms with E-state index in [4.69, 9.17) is 16.0 Å². The van der Waals surface area contributed by atoms with Crippen LogP contribution in [0.25, 0.3) is 22.4 Å². The van der Waals surface area contributed by atoms with E-state index >= 15 is 0 Å². The van der Waals surface area contributed by atoms with E-state index < -0.39 is 0 Å². The molecule has 0 saturated heterocycles. The minimum Gasteiger partial charge on any atom is -0.419 e. The molecule has 4 aromatic rings. The number of nitrogens with zero attached hydrogens (tertiary/aromatic N) is 3. The zero-order valence-corrected chi connectivity index (χ0v) is 17.7. The first kappa shape index (κ1) is 20.2. The summed E-state index contributed by atoms with van der Waals surface area (Å²) in [5, 5.41) is 9.91. The van der Waals surface area contributed by atoms with Crippen molar-refractivity contribution in [1.29, 1.82) is 0 Å². The number of para-hydroxylation sites is 1. The van der Waals surface area contributed by atoms with Gasteiger partial charge in [-0.2, -0.15) is 0 Å². The summed E-state index contributed by atoms with van der Waals surface area (Å²) < 4.78 is 5.78. The summed E-state index contributed by atoms with van der Waals surface area (Å²) in [6, 6.07) is 15.4. The molecule has 2 heterocycles. The summed E-state index contributed by atoms with van der Waals surface area (Å²) in [6.07, 6.45) is 3.05. The van der Waals surface area contributed by atoms with Crippen molar-refractivity contribution in [2.75, 3.05) is 0 Å². The number of H-pyrrole nitrogens is 1. The Bertz CT molecular complexity index is 1160. The molecule has 0 atom stereocenters. The zero-order valence-electron chi connectivity index (χ0n) is 16.9. The van der Waals surface area contributed by atoms with Gasteiger partial charge < -0.3 is 14.3 Å². The molecule has 0 aliphatic heterocycles. The number of carbonyl (C=O) groups excluding carboxylic acids is 1. The van der Waals surface area contributed by atoms with Crippen molar-refractivity contribution in [3.8, 4) is 11.5 Å². The van der Waals surface area contributed by atoms with Crippen molar-refractivity contribution in [1.82, 2.24) is 20.1 Å². The highest BCUT2D eigenvalue weighted by Gasteiger charge is 2.21. The molecule has 0 aliphatic carbocycles. The second-order valence-corrected chi connectivity index (χ2v) is 7.86. The summed E-state index contributed by atoms with van der Waals surface area (Å²) >= 11 is 6.21. The van der Waals surface area contributed by atoms with Crippen LogP contribution in [0.15, 0.2) is 59.1 Å². The maximum atomic E-state index is 13.0. The van der Waals surface area contributed by atoms with Crippen LogP contribution in [0.1, 0.15) is 31.7 Å². The van der Waals surface area contributed by atoms with Crippen molar-refractivity contribution in [2.45, 2.75) is 39.3 Å². The predicted molar refractivity (Wildman–Crippen MR) is 117 cm³/mol. The molecular formula is C23H23ClN4O2. The Morgan fingerprint density at radius 2 is 1.90 bits per heavy atom. The van der Waals surface area contributed by atoms with Crippen LogP contribution in [0, 0.1) is 0 Å². The second kappa shape index (κ2) is 8.71. The number of aryl methyl sites for hydroxylation is 1. The third-order valence-corrected chi connectivity index (χ3v) is 5.43. The number of benzene rings is 2. The van der Waals surface area contributed by atoms with Gasteiger partial charge in [-0.05, 0) is 44.0 Å². The van der Waals surface area contributed by atoms with Crippen LogP contribution in [-0.4, -0.2) is 32.0 Å². The predicted octanol–water partition coefficient (Wildman–Crippen LogP) is 5.24. The smallest absolute Gasteiger partial charge is 0.249 e. The number of hydrogen-bond acceptors (Lipinski definition) is 4. The first-order chi connectivity index (χ1) is 14.5. The molecule has 1 amide bonds. The molecule has 2 aromatic heterocycles. The van der Waals surface area contributed by atoms with Gasteiger partial charge >= 0.3 is 0 Å². The highest BCUT2D eigenvalue weighted by atomic mass is 35.5. The normalized spacial score (nSPS) is 11.3. The van der Waals surface area contributed by atoms with Gasteiger partial charge in [0.05, 0.1) is 17.1 Å². The minimum atomic E-state index is 0.0103. The minimum absolute atomic E-state index is 0.0103. The average molecular weight is 423 g/mol. The van der Waals surface area contributed by atoms with Crippen LogP contribution in [0.4, 0.5) is 0 Å². The standard InChI is InChI=1S/C23H23ClN4O2/c1-15(2)28(14-21-26-27-23(30-21)18-8-3-5-9-19(18)24)22(29)12-11-16-13-25-20-10-6-4-7-17(16)20/h3-10,13,15,25H,11-12,14H2,1-2H3. The van der Waals surface area contributed by atoms with Crippen molar-refractivity contribution in [2.24, 2.45) is 0 Å². The lowest BCUT2D eigenvalue weighted by molar-refractivity contribution is -0.133. The number of halogens is 1. The Kier molecular flexibility index (Phi) is 5.86. The van der Waals surface area contributed by atoms with E-state index in [2.05, 4.69) is 21.2 Å². The van der Waals surface area contributed by atoms with Gasteiger partial charge in [-0.25, -0.2) is 0 Å². The molecule has 0 spiro atoms. The van der Waals surface area contributed by atoms with E-state index in [-0.39, 0.29) is 18.5 Å². The second-order valence-electron chi connectivity index (χ2n) is 7.46. The lowest BCUT2D eigenvalue weighted by Gasteiger charge is -2.25. The zero-order chi connectivity index (χ0) is 21.1. The Hall–Kier alpha value is -3.12. The van der Waals surface area contributed by atoms with Gasteiger partial charge in [0, 0.05) is 29.6 Å². The number of amides is 1. The molecule has 1 N–H and O–H groups in total. The molecule has 7 heteroatoms. The molecule has 0 unspecified atom stereocenters. The Morgan fingerprint density at radius 1 is 1.13 bits per heavy atom. The molecule has 0 radical (unpaired) electrons. The number of nitrogens with one attached hydrogen (secondary N) is 1. The summed E-state index contributed by atoms with van der Waals surface area (Å²) in [6.45, 7) is 4.23. The third-order valence-electron chi connectivity index (χ3n) is 5.10. The Balaban J connectivity index is 1.45. The molecule has 6 nitrogen and oxygen atoms in total. The number of aromatic amines is 1. The Labute approximate surface area is 179 Å². The quantitative estimate of drug-likeness (QED) is 0.442. The highest BCUT2D eigenvalue weighted by molar-refractivity contribution is 6.33. The van der Waals surface area contributed by atoms with Crippen LogP contribution in [0.3, 0.4) is 0 Å². The van der Waals surface area contributed by atoms with Crippen molar-refractivity contribution in [3.05, 3.63) is 71.2 Å². The number of carbonyl (C=O) groups is 1. The van der Waals surface area contributed by atoms with Gasteiger partial charge in [0.2, 0.25) is 17.7 Å². The van der Waals surface area contributed by atoms with Crippen LogP contribution in [-0.2, 0) is 17.8 Å². The van der Waals surface area contributed by atoms with Crippen molar-refractivity contribution in [3.63, 3.8) is 0 Å². The Morgan fingerprint density at radius 3 is 2.70 bits per heavy atom. The topological polar surface area (TPSA) is 75.0 Å². The lowest BCUT2D eigenvalue weighted by atomic mass is 10.1. The van der Waals surface area contributed by atoms with Gasteiger partial charge in [-0.3, -0.25) is 4.79 Å². The van der Waals surface area contributed by atoms with Gasteiger partial charge in [-0.1, -0.05) is 41.9 Å². The summed E-state index contributed by atoms with van der Waals surface area (Å²) in [5.41, 5.74) is 2.90. The number of rotatable bonds is 7. The van der Waals surface area contributed by atoms with Crippen molar-refractivity contribution < 1.29 is 9.21 Å². The van der Waals surface area contributed by atoms with E-state index in [0.717, 1.165) is 16.5 Å².